The SMILES string of the molecule is Cc1ccc(C(=O)NC(N)=NC#N)cc1. The molecule has 0 spiro atoms. The van der Waals surface area contributed by atoms with Crippen LogP contribution in [-0.4, -0.2) is 11.9 Å². The predicted octanol–water partition coefficient (Wildman–Crippen LogP) is 0.521. The van der Waals surface area contributed by atoms with Gasteiger partial charge in [-0.2, -0.15) is 5.26 Å². The first kappa shape index (κ1) is 10.7. The second-order valence-corrected chi connectivity index (χ2v) is 2.92. The monoisotopic (exact) mass is 202 g/mol. The number of carbonyl (C=O) groups is 1. The first-order valence-electron chi connectivity index (χ1n) is 4.23. The summed E-state index contributed by atoms with van der Waals surface area (Å²) in [5.41, 5.74) is 6.78. The van der Waals surface area contributed by atoms with Gasteiger partial charge >= 0.3 is 0 Å². The zero-order valence-corrected chi connectivity index (χ0v) is 8.19. The topological polar surface area (TPSA) is 91.3 Å². The Morgan fingerprint density at radius 3 is 2.60 bits per heavy atom. The molecule has 5 heteroatoms. The van der Waals surface area contributed by atoms with E-state index in [-0.39, 0.29) is 11.9 Å². The highest BCUT2D eigenvalue weighted by atomic mass is 16.1. The largest absolute Gasteiger partial charge is 0.369 e. The summed E-state index contributed by atoms with van der Waals surface area (Å²) >= 11 is 0. The van der Waals surface area contributed by atoms with Crippen molar-refractivity contribution in [3.8, 4) is 6.19 Å². The standard InChI is InChI=1S/C10H10N4O/c1-7-2-4-8(5-3-7)9(15)14-10(12)13-6-11/h2-5H,1H3,(H3,12,13,14,15). The van der Waals surface area contributed by atoms with Crippen LogP contribution in [0.1, 0.15) is 15.9 Å². The van der Waals surface area contributed by atoms with Gasteiger partial charge in [-0.05, 0) is 19.1 Å². The van der Waals surface area contributed by atoms with Crippen molar-refractivity contribution in [2.45, 2.75) is 6.92 Å². The van der Waals surface area contributed by atoms with Crippen LogP contribution in [0.4, 0.5) is 0 Å². The summed E-state index contributed by atoms with van der Waals surface area (Å²) in [6.07, 6.45) is 1.48. The van der Waals surface area contributed by atoms with Crippen LogP contribution in [0.15, 0.2) is 29.3 Å². The Morgan fingerprint density at radius 1 is 1.47 bits per heavy atom. The third-order valence-corrected chi connectivity index (χ3v) is 1.73. The molecule has 3 N–H and O–H groups in total. The molecular formula is C10H10N4O. The van der Waals surface area contributed by atoms with Gasteiger partial charge in [-0.3, -0.25) is 10.1 Å². The molecule has 0 aliphatic rings. The molecule has 0 saturated heterocycles. The number of guanidine groups is 1. The molecule has 1 aromatic carbocycles. The molecule has 0 unspecified atom stereocenters. The number of nitrogens with one attached hydrogen (secondary N) is 1. The lowest BCUT2D eigenvalue weighted by Crippen LogP contribution is -2.36. The summed E-state index contributed by atoms with van der Waals surface area (Å²) < 4.78 is 0. The van der Waals surface area contributed by atoms with Crippen molar-refractivity contribution in [3.63, 3.8) is 0 Å². The molecule has 1 aromatic rings. The molecule has 0 aromatic heterocycles. The van der Waals surface area contributed by atoms with Crippen LogP contribution in [0, 0.1) is 18.4 Å². The van der Waals surface area contributed by atoms with Crippen molar-refractivity contribution in [1.29, 1.82) is 5.26 Å². The van der Waals surface area contributed by atoms with Gasteiger partial charge in [0.25, 0.3) is 5.91 Å². The van der Waals surface area contributed by atoms with E-state index in [4.69, 9.17) is 11.0 Å². The van der Waals surface area contributed by atoms with E-state index < -0.39 is 0 Å². The Hall–Kier alpha value is -2.35. The number of rotatable bonds is 1. The fourth-order valence-corrected chi connectivity index (χ4v) is 0.975. The van der Waals surface area contributed by atoms with Crippen LogP contribution in [0.3, 0.4) is 0 Å². The van der Waals surface area contributed by atoms with Crippen molar-refractivity contribution >= 4 is 11.9 Å². The third kappa shape index (κ3) is 3.12. The Balaban J connectivity index is 2.75. The van der Waals surface area contributed by atoms with Gasteiger partial charge in [-0.15, -0.1) is 4.99 Å². The number of nitrogens with two attached hydrogens (primary N) is 1. The Bertz CT molecular complexity index is 428. The highest BCUT2D eigenvalue weighted by molar-refractivity contribution is 6.05. The zero-order valence-electron chi connectivity index (χ0n) is 8.19. The van der Waals surface area contributed by atoms with Crippen LogP contribution in [0.5, 0.6) is 0 Å². The van der Waals surface area contributed by atoms with E-state index in [1.807, 2.05) is 19.1 Å². The zero-order chi connectivity index (χ0) is 11.3. The minimum absolute atomic E-state index is 0.205. The first-order valence-corrected chi connectivity index (χ1v) is 4.23. The molecule has 76 valence electrons. The van der Waals surface area contributed by atoms with Crippen LogP contribution < -0.4 is 11.1 Å². The molecule has 0 radical (unpaired) electrons. The van der Waals surface area contributed by atoms with Crippen molar-refractivity contribution in [2.75, 3.05) is 0 Å². The lowest BCUT2D eigenvalue weighted by molar-refractivity contribution is 0.0976. The minimum atomic E-state index is -0.383. The number of nitriles is 1. The summed E-state index contributed by atoms with van der Waals surface area (Å²) in [5.74, 6) is -0.588. The van der Waals surface area contributed by atoms with Gasteiger partial charge in [0.2, 0.25) is 12.2 Å². The first-order chi connectivity index (χ1) is 7.13. The number of aliphatic imine (C=N–C) groups is 1. The molecule has 5 nitrogen and oxygen atoms in total. The Kier molecular flexibility index (Phi) is 3.41. The summed E-state index contributed by atoms with van der Waals surface area (Å²) in [7, 11) is 0. The van der Waals surface area contributed by atoms with E-state index in [9.17, 15) is 4.79 Å². The number of nitrogens with zero attached hydrogens (tertiary/aromatic N) is 2. The number of carbonyl (C=O) groups excluding carboxylic acids is 1. The average Bonchev–Trinajstić information content (AvgIpc) is 2.18. The molecule has 1 rings (SSSR count). The van der Waals surface area contributed by atoms with Crippen LogP contribution >= 0.6 is 0 Å². The van der Waals surface area contributed by atoms with Crippen LogP contribution in [0.2, 0.25) is 0 Å². The van der Waals surface area contributed by atoms with Crippen molar-refractivity contribution < 1.29 is 4.79 Å². The number of hydrogen-bond donors (Lipinski definition) is 2. The molecule has 0 saturated carbocycles. The van der Waals surface area contributed by atoms with Gasteiger partial charge in [0.1, 0.15) is 0 Å². The van der Waals surface area contributed by atoms with Gasteiger partial charge in [0.05, 0.1) is 0 Å². The maximum Gasteiger partial charge on any atom is 0.257 e. The Labute approximate surface area is 87.2 Å². The number of hydrogen-bond acceptors (Lipinski definition) is 3. The lowest BCUT2D eigenvalue weighted by atomic mass is 10.1. The summed E-state index contributed by atoms with van der Waals surface area (Å²) in [5, 5.41) is 10.5. The number of benzene rings is 1. The van der Waals surface area contributed by atoms with Crippen LogP contribution in [0.25, 0.3) is 0 Å². The van der Waals surface area contributed by atoms with Gasteiger partial charge in [0.15, 0.2) is 0 Å². The lowest BCUT2D eigenvalue weighted by Gasteiger charge is -2.02. The molecule has 0 aliphatic carbocycles. The molecule has 0 bridgehead atoms. The molecule has 0 aliphatic heterocycles. The molecule has 1 amide bonds. The van der Waals surface area contributed by atoms with E-state index in [2.05, 4.69) is 10.3 Å². The van der Waals surface area contributed by atoms with Gasteiger partial charge in [-0.25, -0.2) is 0 Å². The predicted molar refractivity (Wildman–Crippen MR) is 55.9 cm³/mol. The van der Waals surface area contributed by atoms with Crippen molar-refractivity contribution in [3.05, 3.63) is 35.4 Å². The Morgan fingerprint density at radius 2 is 2.07 bits per heavy atom. The fourth-order valence-electron chi connectivity index (χ4n) is 0.975. The third-order valence-electron chi connectivity index (χ3n) is 1.73. The second-order valence-electron chi connectivity index (χ2n) is 2.92. The highest BCUT2D eigenvalue weighted by Gasteiger charge is 2.05. The molecular weight excluding hydrogens is 192 g/mol. The summed E-state index contributed by atoms with van der Waals surface area (Å²) in [6, 6.07) is 6.97. The number of aryl methyl sites for hydroxylation is 1. The summed E-state index contributed by atoms with van der Waals surface area (Å²) in [6.45, 7) is 1.92. The highest BCUT2D eigenvalue weighted by Crippen LogP contribution is 2.02. The number of amides is 1. The smallest absolute Gasteiger partial charge is 0.257 e. The van der Waals surface area contributed by atoms with E-state index in [0.717, 1.165) is 5.56 Å². The molecule has 0 fully saturated rings. The quantitative estimate of drug-likeness (QED) is 0.395. The van der Waals surface area contributed by atoms with Gasteiger partial charge in [-0.1, -0.05) is 17.7 Å². The maximum absolute atomic E-state index is 11.5. The normalized spacial score (nSPS) is 10.5. The van der Waals surface area contributed by atoms with E-state index in [1.165, 1.54) is 6.19 Å². The molecule has 15 heavy (non-hydrogen) atoms. The van der Waals surface area contributed by atoms with Crippen molar-refractivity contribution in [2.24, 2.45) is 10.7 Å². The average molecular weight is 202 g/mol. The van der Waals surface area contributed by atoms with E-state index in [1.54, 1.807) is 12.1 Å². The maximum atomic E-state index is 11.5. The second kappa shape index (κ2) is 4.77. The van der Waals surface area contributed by atoms with Crippen LogP contribution in [-0.2, 0) is 0 Å². The van der Waals surface area contributed by atoms with E-state index >= 15 is 0 Å². The molecule has 0 atom stereocenters. The fraction of sp³-hybridized carbons (Fsp3) is 0.100. The minimum Gasteiger partial charge on any atom is -0.369 e. The van der Waals surface area contributed by atoms with Gasteiger partial charge in [0, 0.05) is 5.56 Å². The van der Waals surface area contributed by atoms with Crippen molar-refractivity contribution in [1.82, 2.24) is 5.32 Å². The molecule has 0 heterocycles. The van der Waals surface area contributed by atoms with E-state index in [0.29, 0.717) is 5.56 Å². The van der Waals surface area contributed by atoms with Gasteiger partial charge < -0.3 is 5.73 Å². The summed E-state index contributed by atoms with van der Waals surface area (Å²) in [4.78, 5) is 14.6.